The number of rotatable bonds is 9. The van der Waals surface area contributed by atoms with Gasteiger partial charge in [0.2, 0.25) is 10.0 Å². The van der Waals surface area contributed by atoms with Crippen LogP contribution in [0.1, 0.15) is 17.5 Å². The molecule has 162 valence electrons. The molecule has 0 heterocycles. The summed E-state index contributed by atoms with van der Waals surface area (Å²) < 4.78 is 46.5. The minimum atomic E-state index is -3.74. The number of hydrogen-bond donors (Lipinski definition) is 1. The van der Waals surface area contributed by atoms with Crippen molar-refractivity contribution < 1.29 is 22.3 Å². The molecular weight excluding hydrogens is 441 g/mol. The van der Waals surface area contributed by atoms with E-state index in [0.717, 1.165) is 5.56 Å². The number of nitrogens with one attached hydrogen (secondary N) is 1. The summed E-state index contributed by atoms with van der Waals surface area (Å²) in [5.74, 6) is -0.713. The molecule has 0 aromatic heterocycles. The van der Waals surface area contributed by atoms with Gasteiger partial charge in [0.15, 0.2) is 0 Å². The normalized spacial score (nSPS) is 11.3. The Bertz CT molecular complexity index is 1140. The molecule has 3 rings (SSSR count). The molecule has 0 spiro atoms. The largest absolute Gasteiger partial charge is 0.427 e. The van der Waals surface area contributed by atoms with Crippen LogP contribution in [0.4, 0.5) is 4.39 Å². The standard InChI is InChI=1S/C23H21ClFNO4S/c24-19-7-10-21(11-8-19)31(28,29)26-15-14-18-16-20(9-12-22(18)25)30-23(27)13-6-17-4-2-1-3-5-17/h1-5,7-12,16,26H,6,13-15H2. The van der Waals surface area contributed by atoms with Gasteiger partial charge in [-0.25, -0.2) is 17.5 Å². The van der Waals surface area contributed by atoms with Crippen molar-refractivity contribution in [2.75, 3.05) is 6.54 Å². The number of sulfonamides is 1. The quantitative estimate of drug-likeness (QED) is 0.375. The lowest BCUT2D eigenvalue weighted by Gasteiger charge is -2.10. The maximum atomic E-state index is 14.1. The number of aryl methyl sites for hydroxylation is 1. The second-order valence-corrected chi connectivity index (χ2v) is 9.02. The van der Waals surface area contributed by atoms with E-state index in [-0.39, 0.29) is 35.6 Å². The van der Waals surface area contributed by atoms with E-state index in [1.807, 2.05) is 30.3 Å². The molecular formula is C23H21ClFNO4S. The maximum Gasteiger partial charge on any atom is 0.311 e. The molecule has 1 N–H and O–H groups in total. The Balaban J connectivity index is 1.55. The zero-order valence-electron chi connectivity index (χ0n) is 16.6. The van der Waals surface area contributed by atoms with E-state index in [0.29, 0.717) is 11.4 Å². The Morgan fingerprint density at radius 1 is 0.968 bits per heavy atom. The molecule has 0 fully saturated rings. The van der Waals surface area contributed by atoms with Gasteiger partial charge >= 0.3 is 5.97 Å². The minimum Gasteiger partial charge on any atom is -0.427 e. The summed E-state index contributed by atoms with van der Waals surface area (Å²) in [5.41, 5.74) is 1.26. The molecule has 3 aromatic rings. The number of ether oxygens (including phenoxy) is 1. The van der Waals surface area contributed by atoms with Gasteiger partial charge in [-0.15, -0.1) is 0 Å². The molecule has 0 atom stereocenters. The van der Waals surface area contributed by atoms with Gasteiger partial charge in [0.05, 0.1) is 4.90 Å². The fraction of sp³-hybridized carbons (Fsp3) is 0.174. The fourth-order valence-electron chi connectivity index (χ4n) is 2.90. The van der Waals surface area contributed by atoms with Crippen molar-refractivity contribution >= 4 is 27.6 Å². The molecule has 0 aliphatic carbocycles. The van der Waals surface area contributed by atoms with Gasteiger partial charge in [-0.2, -0.15) is 0 Å². The molecule has 0 amide bonds. The monoisotopic (exact) mass is 461 g/mol. The van der Waals surface area contributed by atoms with Gasteiger partial charge in [0, 0.05) is 18.0 Å². The predicted molar refractivity (Wildman–Crippen MR) is 117 cm³/mol. The molecule has 8 heteroatoms. The molecule has 0 bridgehead atoms. The summed E-state index contributed by atoms with van der Waals surface area (Å²) in [6, 6.07) is 19.3. The van der Waals surface area contributed by atoms with E-state index in [4.69, 9.17) is 16.3 Å². The van der Waals surface area contributed by atoms with Crippen molar-refractivity contribution in [1.29, 1.82) is 0 Å². The summed E-state index contributed by atoms with van der Waals surface area (Å²) in [5, 5.41) is 0.427. The smallest absolute Gasteiger partial charge is 0.311 e. The Kier molecular flexibility index (Phi) is 7.79. The van der Waals surface area contributed by atoms with E-state index in [1.54, 1.807) is 0 Å². The molecule has 0 aliphatic heterocycles. The summed E-state index contributed by atoms with van der Waals surface area (Å²) in [7, 11) is -3.74. The SMILES string of the molecule is O=C(CCc1ccccc1)Oc1ccc(F)c(CCNS(=O)(=O)c2ccc(Cl)cc2)c1. The first kappa shape index (κ1) is 22.9. The Morgan fingerprint density at radius 2 is 1.68 bits per heavy atom. The number of hydrogen-bond acceptors (Lipinski definition) is 4. The lowest BCUT2D eigenvalue weighted by atomic mass is 10.1. The van der Waals surface area contributed by atoms with E-state index in [9.17, 15) is 17.6 Å². The van der Waals surface area contributed by atoms with Crippen LogP contribution >= 0.6 is 11.6 Å². The second kappa shape index (κ2) is 10.5. The van der Waals surface area contributed by atoms with Crippen molar-refractivity contribution in [2.24, 2.45) is 0 Å². The molecule has 3 aromatic carbocycles. The van der Waals surface area contributed by atoms with Gasteiger partial charge in [0.25, 0.3) is 0 Å². The lowest BCUT2D eigenvalue weighted by molar-refractivity contribution is -0.134. The zero-order valence-corrected chi connectivity index (χ0v) is 18.1. The molecule has 0 saturated carbocycles. The topological polar surface area (TPSA) is 72.5 Å². The van der Waals surface area contributed by atoms with E-state index in [1.165, 1.54) is 42.5 Å². The van der Waals surface area contributed by atoms with Crippen LogP contribution in [0.2, 0.25) is 5.02 Å². The third kappa shape index (κ3) is 6.89. The van der Waals surface area contributed by atoms with Crippen molar-refractivity contribution in [1.82, 2.24) is 4.72 Å². The van der Waals surface area contributed by atoms with E-state index < -0.39 is 21.8 Å². The summed E-state index contributed by atoms with van der Waals surface area (Å²) >= 11 is 5.77. The number of halogens is 2. The lowest BCUT2D eigenvalue weighted by Crippen LogP contribution is -2.26. The molecule has 31 heavy (non-hydrogen) atoms. The average Bonchev–Trinajstić information content (AvgIpc) is 2.75. The predicted octanol–water partition coefficient (Wildman–Crippen LogP) is 4.54. The number of carbonyl (C=O) groups excluding carboxylic acids is 1. The van der Waals surface area contributed by atoms with Gasteiger partial charge in [0.1, 0.15) is 11.6 Å². The van der Waals surface area contributed by atoms with E-state index in [2.05, 4.69) is 4.72 Å². The second-order valence-electron chi connectivity index (χ2n) is 6.81. The van der Waals surface area contributed by atoms with Crippen molar-refractivity contribution in [2.45, 2.75) is 24.2 Å². The fourth-order valence-corrected chi connectivity index (χ4v) is 4.05. The number of benzene rings is 3. The van der Waals surface area contributed by atoms with Gasteiger partial charge in [-0.1, -0.05) is 41.9 Å². The average molecular weight is 462 g/mol. The van der Waals surface area contributed by atoms with Gasteiger partial charge in [-0.3, -0.25) is 4.79 Å². The summed E-state index contributed by atoms with van der Waals surface area (Å²) in [6.45, 7) is -0.0205. The highest BCUT2D eigenvalue weighted by Crippen LogP contribution is 2.19. The highest BCUT2D eigenvalue weighted by atomic mass is 35.5. The Hall–Kier alpha value is -2.74. The highest BCUT2D eigenvalue weighted by molar-refractivity contribution is 7.89. The molecule has 5 nitrogen and oxygen atoms in total. The highest BCUT2D eigenvalue weighted by Gasteiger charge is 2.14. The minimum absolute atomic E-state index is 0.0205. The molecule has 0 radical (unpaired) electrons. The molecule has 0 unspecified atom stereocenters. The van der Waals surface area contributed by atoms with Crippen LogP contribution in [0.5, 0.6) is 5.75 Å². The van der Waals surface area contributed by atoms with Crippen LogP contribution < -0.4 is 9.46 Å². The van der Waals surface area contributed by atoms with Crippen molar-refractivity contribution in [3.63, 3.8) is 0 Å². The van der Waals surface area contributed by atoms with Crippen LogP contribution in [0.15, 0.2) is 77.7 Å². The maximum absolute atomic E-state index is 14.1. The summed E-state index contributed by atoms with van der Waals surface area (Å²) in [4.78, 5) is 12.2. The third-order valence-corrected chi connectivity index (χ3v) is 6.25. The summed E-state index contributed by atoms with van der Waals surface area (Å²) in [6.07, 6.45) is 0.825. The zero-order chi connectivity index (χ0) is 22.3. The molecule has 0 saturated heterocycles. The first-order chi connectivity index (χ1) is 14.8. The van der Waals surface area contributed by atoms with Gasteiger partial charge < -0.3 is 4.74 Å². The van der Waals surface area contributed by atoms with Crippen LogP contribution in [0, 0.1) is 5.82 Å². The van der Waals surface area contributed by atoms with Gasteiger partial charge in [-0.05, 0) is 66.4 Å². The van der Waals surface area contributed by atoms with Crippen molar-refractivity contribution in [3.8, 4) is 5.75 Å². The first-order valence-electron chi connectivity index (χ1n) is 9.62. The van der Waals surface area contributed by atoms with E-state index >= 15 is 0 Å². The first-order valence-corrected chi connectivity index (χ1v) is 11.5. The number of esters is 1. The Labute approximate surface area is 185 Å². The Morgan fingerprint density at radius 3 is 2.39 bits per heavy atom. The number of carbonyl (C=O) groups is 1. The van der Waals surface area contributed by atoms with Crippen LogP contribution in [0.3, 0.4) is 0 Å². The van der Waals surface area contributed by atoms with Crippen LogP contribution in [-0.2, 0) is 27.7 Å². The van der Waals surface area contributed by atoms with Crippen LogP contribution in [-0.4, -0.2) is 20.9 Å². The third-order valence-electron chi connectivity index (χ3n) is 4.52. The van der Waals surface area contributed by atoms with Crippen LogP contribution in [0.25, 0.3) is 0 Å². The van der Waals surface area contributed by atoms with Crippen molar-refractivity contribution in [3.05, 3.63) is 94.8 Å². The molecule has 0 aliphatic rings.